The summed E-state index contributed by atoms with van der Waals surface area (Å²) in [5.41, 5.74) is 3.85. The van der Waals surface area contributed by atoms with Gasteiger partial charge in [-0.1, -0.05) is 18.2 Å². The zero-order chi connectivity index (χ0) is 32.9. The maximum absolute atomic E-state index is 12.3. The number of hydrogen-bond donors (Lipinski definition) is 8. The molecule has 0 bridgehead atoms. The minimum absolute atomic E-state index is 0. The Balaban J connectivity index is 0.00000576. The maximum Gasteiger partial charge on any atom is 1.00 e. The van der Waals surface area contributed by atoms with Crippen molar-refractivity contribution in [1.82, 2.24) is 15.0 Å². The van der Waals surface area contributed by atoms with E-state index in [1.54, 1.807) is 18.2 Å². The molecule has 47 heavy (non-hydrogen) atoms. The Hall–Kier alpha value is -3.02. The van der Waals surface area contributed by atoms with E-state index in [9.17, 15) is 40.6 Å². The van der Waals surface area contributed by atoms with Crippen LogP contribution in [0, 0.1) is 0 Å². The van der Waals surface area contributed by atoms with Gasteiger partial charge in [-0.25, -0.2) is 4.79 Å². The van der Waals surface area contributed by atoms with E-state index in [4.69, 9.17) is 10.8 Å². The SMILES string of the molecule is NC(CCCCNc1nc(Nc2cc(S(=O)(=O)O)cc3cc(S(=O)(=O)O)c(N=Nc4ccccc4)c(O)c23)[nH]c(=O)n1)C(=O)O.[H-].[H-].[Na+].[Na+]. The fourth-order valence-electron chi connectivity index (χ4n) is 4.07. The summed E-state index contributed by atoms with van der Waals surface area (Å²) in [6, 6.07) is 9.51. The molecule has 242 valence electrons. The fourth-order valence-corrected chi connectivity index (χ4v) is 5.27. The Bertz CT molecular complexity index is 2080. The number of unbranched alkanes of at least 4 members (excludes halogenated alkanes) is 1. The van der Waals surface area contributed by atoms with Crippen molar-refractivity contribution in [2.45, 2.75) is 35.1 Å². The number of nitrogens with one attached hydrogen (secondary N) is 3. The van der Waals surface area contributed by atoms with Crippen molar-refractivity contribution >= 4 is 65.9 Å². The summed E-state index contributed by atoms with van der Waals surface area (Å²) in [5, 5.41) is 32.7. The molecule has 22 heteroatoms. The number of phenols is 1. The van der Waals surface area contributed by atoms with Gasteiger partial charge in [0.2, 0.25) is 11.9 Å². The van der Waals surface area contributed by atoms with E-state index in [-0.39, 0.29) is 109 Å². The average Bonchev–Trinajstić information content (AvgIpc) is 2.95. The topological polar surface area (TPSA) is 300 Å². The average molecular weight is 711 g/mol. The van der Waals surface area contributed by atoms with Crippen LogP contribution in [0.1, 0.15) is 22.1 Å². The largest absolute Gasteiger partial charge is 1.00 e. The van der Waals surface area contributed by atoms with Gasteiger partial charge in [-0.05, 0) is 55.0 Å². The molecule has 0 aliphatic rings. The summed E-state index contributed by atoms with van der Waals surface area (Å²) in [6.45, 7) is 0.228. The van der Waals surface area contributed by atoms with Crippen LogP contribution in [0.4, 0.5) is 29.0 Å². The molecule has 0 amide bonds. The Morgan fingerprint density at radius 1 is 1.00 bits per heavy atom. The summed E-state index contributed by atoms with van der Waals surface area (Å²) in [6.07, 6.45) is 1.11. The molecule has 1 unspecified atom stereocenters. The van der Waals surface area contributed by atoms with Gasteiger partial charge in [0.15, 0.2) is 5.75 Å². The second kappa shape index (κ2) is 16.9. The fraction of sp³-hybridized carbons (Fsp3) is 0.200. The van der Waals surface area contributed by atoms with Crippen LogP contribution in [0.15, 0.2) is 73.3 Å². The zero-order valence-electron chi connectivity index (χ0n) is 26.9. The predicted octanol–water partition coefficient (Wildman–Crippen LogP) is -3.10. The van der Waals surface area contributed by atoms with Crippen molar-refractivity contribution in [3.63, 3.8) is 0 Å². The monoisotopic (exact) mass is 710 g/mol. The van der Waals surface area contributed by atoms with Gasteiger partial charge < -0.3 is 29.4 Å². The molecule has 9 N–H and O–H groups in total. The van der Waals surface area contributed by atoms with Crippen molar-refractivity contribution in [3.8, 4) is 5.75 Å². The summed E-state index contributed by atoms with van der Waals surface area (Å²) in [7, 11) is -9.97. The smallest absolute Gasteiger partial charge is 1.00 e. The number of fused-ring (bicyclic) bond motifs is 1. The molecule has 3 aromatic carbocycles. The zero-order valence-corrected chi connectivity index (χ0v) is 30.6. The number of aromatic nitrogens is 3. The van der Waals surface area contributed by atoms with E-state index < -0.39 is 59.2 Å². The van der Waals surface area contributed by atoms with E-state index in [2.05, 4.69) is 35.8 Å². The van der Waals surface area contributed by atoms with Crippen molar-refractivity contribution in [3.05, 3.63) is 59.0 Å². The summed E-state index contributed by atoms with van der Waals surface area (Å²) < 4.78 is 68.2. The third-order valence-corrected chi connectivity index (χ3v) is 7.87. The van der Waals surface area contributed by atoms with E-state index in [1.807, 2.05) is 0 Å². The molecule has 0 fully saturated rings. The van der Waals surface area contributed by atoms with Crippen molar-refractivity contribution in [1.29, 1.82) is 0 Å². The molecule has 0 saturated carbocycles. The van der Waals surface area contributed by atoms with E-state index in [1.165, 1.54) is 12.1 Å². The standard InChI is InChI=1S/C25H26N8O10S2.2Na.2H/c26-16(22(35)36)8-4-5-9-27-23-29-24(31-25(37)30-23)28-17-12-15(44(38,39)40)10-13-11-18(45(41,42)43)20(21(34)19(13)17)33-32-14-6-2-1-3-7-14;;;;/h1-3,6-7,10-12,16,34H,4-5,8-9,26H2,(H,35,36)(H,38,39,40)(H,41,42,43)(H3,27,28,29,30,31,37);;;;/q;2*+1;2*-1. The number of nitrogens with zero attached hydrogens (tertiary/aromatic N) is 4. The number of aliphatic carboxylic acids is 1. The number of H-pyrrole nitrogens is 1. The first-order valence-electron chi connectivity index (χ1n) is 12.9. The van der Waals surface area contributed by atoms with Gasteiger partial charge in [-0.2, -0.15) is 31.9 Å². The Morgan fingerprint density at radius 3 is 2.30 bits per heavy atom. The second-order valence-electron chi connectivity index (χ2n) is 9.44. The van der Waals surface area contributed by atoms with Gasteiger partial charge in [0.1, 0.15) is 16.6 Å². The molecule has 18 nitrogen and oxygen atoms in total. The van der Waals surface area contributed by atoms with Crippen molar-refractivity contribution < 1.29 is 103 Å². The molecule has 1 aromatic heterocycles. The van der Waals surface area contributed by atoms with E-state index in [0.29, 0.717) is 12.8 Å². The molecule has 1 atom stereocenters. The normalized spacial score (nSPS) is 12.2. The first-order chi connectivity index (χ1) is 21.1. The van der Waals surface area contributed by atoms with E-state index >= 15 is 0 Å². The number of phenolic OH excluding ortho intramolecular Hbond substituents is 1. The number of hydrogen-bond acceptors (Lipinski definition) is 14. The number of rotatable bonds is 13. The minimum atomic E-state index is -5.06. The van der Waals surface area contributed by atoms with Crippen LogP contribution in [0.2, 0.25) is 0 Å². The number of carbonyl (C=O) groups is 1. The van der Waals surface area contributed by atoms with Crippen LogP contribution in [-0.4, -0.2) is 69.7 Å². The number of benzene rings is 3. The first kappa shape index (κ1) is 40.2. The Labute approximate surface area is 314 Å². The van der Waals surface area contributed by atoms with Crippen molar-refractivity contribution in [2.24, 2.45) is 16.0 Å². The van der Waals surface area contributed by atoms with Gasteiger partial charge >= 0.3 is 70.8 Å². The first-order valence-corrected chi connectivity index (χ1v) is 15.7. The number of aromatic amines is 1. The Morgan fingerprint density at radius 2 is 1.68 bits per heavy atom. The summed E-state index contributed by atoms with van der Waals surface area (Å²) in [4.78, 5) is 31.5. The molecule has 1 heterocycles. The number of azo groups is 1. The maximum atomic E-state index is 12.3. The van der Waals surface area contributed by atoms with Crippen LogP contribution in [-0.2, 0) is 25.0 Å². The molecular weight excluding hydrogens is 682 g/mol. The number of nitrogens with two attached hydrogens (primary N) is 1. The molecule has 4 aromatic rings. The molecule has 0 radical (unpaired) electrons. The molecular formula is C25H28N8Na2O10S2. The predicted molar refractivity (Wildman–Crippen MR) is 162 cm³/mol. The number of carboxylic acids is 1. The van der Waals surface area contributed by atoms with Crippen molar-refractivity contribution in [2.75, 3.05) is 17.2 Å². The summed E-state index contributed by atoms with van der Waals surface area (Å²) in [5.74, 6) is -2.48. The quantitative estimate of drug-likeness (QED) is 0.0295. The Kier molecular flexibility index (Phi) is 14.4. The second-order valence-corrected chi connectivity index (χ2v) is 12.3. The minimum Gasteiger partial charge on any atom is -1.00 e. The number of aromatic hydroxyl groups is 1. The third-order valence-electron chi connectivity index (χ3n) is 6.17. The van der Waals surface area contributed by atoms with Gasteiger partial charge in [0, 0.05) is 11.9 Å². The van der Waals surface area contributed by atoms with Gasteiger partial charge in [0.25, 0.3) is 20.2 Å². The van der Waals surface area contributed by atoms with E-state index in [0.717, 1.165) is 18.2 Å². The molecule has 0 saturated heterocycles. The van der Waals surface area contributed by atoms with Crippen LogP contribution in [0.3, 0.4) is 0 Å². The molecule has 4 rings (SSSR count). The summed E-state index contributed by atoms with van der Waals surface area (Å²) >= 11 is 0. The molecule has 0 aliphatic carbocycles. The van der Waals surface area contributed by atoms with Crippen LogP contribution >= 0.6 is 0 Å². The molecule has 0 aliphatic heterocycles. The van der Waals surface area contributed by atoms with Gasteiger partial charge in [-0.3, -0.25) is 18.9 Å². The van der Waals surface area contributed by atoms with Gasteiger partial charge in [0.05, 0.1) is 16.3 Å². The number of carboxylic acid groups (broad SMARTS) is 1. The third kappa shape index (κ3) is 10.7. The molecule has 0 spiro atoms. The number of anilines is 3. The van der Waals surface area contributed by atoms with Crippen LogP contribution in [0.25, 0.3) is 10.8 Å². The van der Waals surface area contributed by atoms with Gasteiger partial charge in [-0.15, -0.1) is 5.11 Å². The van der Waals surface area contributed by atoms with Crippen LogP contribution in [0.5, 0.6) is 5.75 Å². The van der Waals surface area contributed by atoms with Crippen LogP contribution < -0.4 is 81.2 Å².